The summed E-state index contributed by atoms with van der Waals surface area (Å²) in [4.78, 5) is 47.4. The molecule has 0 aromatic heterocycles. The third-order valence-corrected chi connectivity index (χ3v) is 8.17. The predicted molar refractivity (Wildman–Crippen MR) is 141 cm³/mol. The molecule has 0 aliphatic carbocycles. The number of anilines is 3. The van der Waals surface area contributed by atoms with Crippen LogP contribution in [0.15, 0.2) is 66.7 Å². The maximum absolute atomic E-state index is 14.5. The van der Waals surface area contributed by atoms with Crippen LogP contribution in [0.2, 0.25) is 5.02 Å². The van der Waals surface area contributed by atoms with Gasteiger partial charge in [0, 0.05) is 23.7 Å². The van der Waals surface area contributed by atoms with E-state index in [0.29, 0.717) is 22.8 Å². The Balaban J connectivity index is 1.59. The van der Waals surface area contributed by atoms with Gasteiger partial charge in [0.1, 0.15) is 0 Å². The average molecular weight is 500 g/mol. The van der Waals surface area contributed by atoms with E-state index < -0.39 is 23.3 Å². The van der Waals surface area contributed by atoms with E-state index in [0.717, 1.165) is 35.3 Å². The normalized spacial score (nSPS) is 20.7. The molecule has 0 N–H and O–H groups in total. The first-order valence-electron chi connectivity index (χ1n) is 12.2. The number of rotatable bonds is 2. The molecule has 3 heterocycles. The van der Waals surface area contributed by atoms with Gasteiger partial charge in [-0.15, -0.1) is 0 Å². The fraction of sp³-hybridized carbons (Fsp3) is 0.276. The summed E-state index contributed by atoms with van der Waals surface area (Å²) < 4.78 is 0. The van der Waals surface area contributed by atoms with Crippen molar-refractivity contribution in [3.63, 3.8) is 0 Å². The topological polar surface area (TPSA) is 60.9 Å². The Bertz CT molecular complexity index is 1330. The number of carbonyl (C=O) groups is 3. The lowest BCUT2D eigenvalue weighted by molar-refractivity contribution is -0.142. The average Bonchev–Trinajstić information content (AvgIpc) is 3.37. The molecule has 6 nitrogen and oxygen atoms in total. The number of benzene rings is 3. The Labute approximate surface area is 215 Å². The van der Waals surface area contributed by atoms with E-state index >= 15 is 0 Å². The van der Waals surface area contributed by atoms with E-state index in [1.54, 1.807) is 30.3 Å². The van der Waals surface area contributed by atoms with Crippen LogP contribution in [0.5, 0.6) is 0 Å². The second-order valence-electron chi connectivity index (χ2n) is 9.97. The standard InChI is InChI=1S/C29H26ClN3O3/c1-18-8-12-20(13-9-18)32-26(34)29(27(35)33(28(32)36)21-14-10-19(2)11-15-21)17-22-23(30)5-3-6-24(22)31-16-4-7-25(29)31/h3,5-6,8-15,25H,4,7,16-17H2,1-2H3/t25-/m0/s1. The van der Waals surface area contributed by atoms with Gasteiger partial charge >= 0.3 is 6.03 Å². The highest BCUT2D eigenvalue weighted by Crippen LogP contribution is 2.52. The lowest BCUT2D eigenvalue weighted by atomic mass is 9.68. The molecule has 1 atom stereocenters. The number of nitrogens with zero attached hydrogens (tertiary/aromatic N) is 3. The smallest absolute Gasteiger partial charge is 0.342 e. The number of urea groups is 1. The molecule has 3 aromatic rings. The van der Waals surface area contributed by atoms with Gasteiger partial charge < -0.3 is 4.90 Å². The van der Waals surface area contributed by atoms with Gasteiger partial charge in [-0.2, -0.15) is 0 Å². The molecule has 4 amide bonds. The molecule has 6 rings (SSSR count). The number of carbonyl (C=O) groups excluding carboxylic acids is 3. The van der Waals surface area contributed by atoms with E-state index in [1.807, 2.05) is 50.2 Å². The highest BCUT2D eigenvalue weighted by molar-refractivity contribution is 6.39. The summed E-state index contributed by atoms with van der Waals surface area (Å²) in [5.41, 5.74) is 3.20. The van der Waals surface area contributed by atoms with Crippen molar-refractivity contribution in [1.29, 1.82) is 0 Å². The van der Waals surface area contributed by atoms with Gasteiger partial charge in [-0.1, -0.05) is 53.1 Å². The van der Waals surface area contributed by atoms with E-state index in [4.69, 9.17) is 11.6 Å². The summed E-state index contributed by atoms with van der Waals surface area (Å²) in [5, 5.41) is 0.526. The van der Waals surface area contributed by atoms with Crippen LogP contribution in [0.4, 0.5) is 21.9 Å². The number of hydrogen-bond donors (Lipinski definition) is 0. The van der Waals surface area contributed by atoms with E-state index in [-0.39, 0.29) is 12.5 Å². The minimum atomic E-state index is -1.47. The van der Waals surface area contributed by atoms with Crippen molar-refractivity contribution >= 4 is 46.5 Å². The second kappa shape index (κ2) is 8.20. The van der Waals surface area contributed by atoms with Crippen LogP contribution in [-0.4, -0.2) is 30.4 Å². The molecular formula is C29H26ClN3O3. The number of halogens is 1. The third-order valence-electron chi connectivity index (χ3n) is 7.82. The molecular weight excluding hydrogens is 474 g/mol. The molecule has 2 saturated heterocycles. The van der Waals surface area contributed by atoms with Gasteiger partial charge in [-0.25, -0.2) is 14.6 Å². The van der Waals surface area contributed by atoms with Crippen molar-refractivity contribution in [3.05, 3.63) is 88.4 Å². The van der Waals surface area contributed by atoms with Crippen LogP contribution < -0.4 is 14.7 Å². The van der Waals surface area contributed by atoms with Crippen LogP contribution >= 0.6 is 11.6 Å². The monoisotopic (exact) mass is 499 g/mol. The lowest BCUT2D eigenvalue weighted by Gasteiger charge is -2.52. The lowest BCUT2D eigenvalue weighted by Crippen LogP contribution is -2.72. The predicted octanol–water partition coefficient (Wildman–Crippen LogP) is 5.67. The minimum absolute atomic E-state index is 0.152. The van der Waals surface area contributed by atoms with Crippen molar-refractivity contribution < 1.29 is 14.4 Å². The summed E-state index contributed by atoms with van der Waals surface area (Å²) in [6.07, 6.45) is 1.68. The SMILES string of the molecule is Cc1ccc(N2C(=O)N(c3ccc(C)cc3)C(=O)C3(Cc4c(Cl)cccc4N4CCC[C@H]43)C2=O)cc1. The van der Waals surface area contributed by atoms with Crippen LogP contribution in [0.1, 0.15) is 29.5 Å². The number of imide groups is 2. The fourth-order valence-corrected chi connectivity index (χ4v) is 6.24. The maximum Gasteiger partial charge on any atom is 0.342 e. The molecule has 0 saturated carbocycles. The van der Waals surface area contributed by atoms with Crippen LogP contribution in [0, 0.1) is 19.3 Å². The Morgan fingerprint density at radius 1 is 0.806 bits per heavy atom. The molecule has 0 radical (unpaired) electrons. The first-order chi connectivity index (χ1) is 17.3. The second-order valence-corrected chi connectivity index (χ2v) is 10.4. The molecule has 3 aliphatic heterocycles. The van der Waals surface area contributed by atoms with Crippen LogP contribution in [-0.2, 0) is 16.0 Å². The number of hydrogen-bond acceptors (Lipinski definition) is 4. The van der Waals surface area contributed by atoms with E-state index in [2.05, 4.69) is 4.90 Å². The Morgan fingerprint density at radius 2 is 1.36 bits per heavy atom. The van der Waals surface area contributed by atoms with Crippen molar-refractivity contribution in [2.45, 2.75) is 39.2 Å². The van der Waals surface area contributed by atoms with E-state index in [1.165, 1.54) is 9.80 Å². The Morgan fingerprint density at radius 3 is 1.92 bits per heavy atom. The maximum atomic E-state index is 14.5. The van der Waals surface area contributed by atoms with Gasteiger partial charge in [0.2, 0.25) is 0 Å². The summed E-state index contributed by atoms with van der Waals surface area (Å²) in [5.74, 6) is -0.959. The van der Waals surface area contributed by atoms with Gasteiger partial charge in [-0.05, 0) is 68.7 Å². The first kappa shape index (κ1) is 22.8. The first-order valence-corrected chi connectivity index (χ1v) is 12.6. The number of barbiturate groups is 1. The van der Waals surface area contributed by atoms with Gasteiger partial charge in [-0.3, -0.25) is 9.59 Å². The number of fused-ring (bicyclic) bond motifs is 4. The highest BCUT2D eigenvalue weighted by atomic mass is 35.5. The summed E-state index contributed by atoms with van der Waals surface area (Å²) in [6.45, 7) is 4.62. The summed E-state index contributed by atoms with van der Waals surface area (Å²) in [6, 6.07) is 19.2. The van der Waals surface area contributed by atoms with Crippen molar-refractivity contribution in [1.82, 2.24) is 0 Å². The zero-order valence-electron chi connectivity index (χ0n) is 20.2. The third kappa shape index (κ3) is 3.14. The van der Waals surface area contributed by atoms with Crippen LogP contribution in [0.3, 0.4) is 0 Å². The zero-order valence-corrected chi connectivity index (χ0v) is 21.0. The van der Waals surface area contributed by atoms with Gasteiger partial charge in [0.25, 0.3) is 11.8 Å². The number of aryl methyl sites for hydroxylation is 2. The van der Waals surface area contributed by atoms with Crippen LogP contribution in [0.25, 0.3) is 0 Å². The summed E-state index contributed by atoms with van der Waals surface area (Å²) >= 11 is 6.66. The molecule has 2 fully saturated rings. The highest BCUT2D eigenvalue weighted by Gasteiger charge is 2.65. The molecule has 0 bridgehead atoms. The van der Waals surface area contributed by atoms with Crippen molar-refractivity contribution in [2.24, 2.45) is 5.41 Å². The van der Waals surface area contributed by atoms with Crippen molar-refractivity contribution in [3.8, 4) is 0 Å². The molecule has 3 aromatic carbocycles. The van der Waals surface area contributed by atoms with Crippen molar-refractivity contribution in [2.75, 3.05) is 21.2 Å². The Kier molecular flexibility index (Phi) is 5.20. The van der Waals surface area contributed by atoms with E-state index in [9.17, 15) is 14.4 Å². The van der Waals surface area contributed by atoms with Gasteiger partial charge in [0.05, 0.1) is 17.4 Å². The minimum Gasteiger partial charge on any atom is -0.367 e. The Hall–Kier alpha value is -3.64. The molecule has 0 unspecified atom stereocenters. The molecule has 7 heteroatoms. The zero-order chi connectivity index (χ0) is 25.2. The molecule has 182 valence electrons. The fourth-order valence-electron chi connectivity index (χ4n) is 6.00. The molecule has 3 aliphatic rings. The summed E-state index contributed by atoms with van der Waals surface area (Å²) in [7, 11) is 0. The number of amides is 4. The quantitative estimate of drug-likeness (QED) is 0.426. The van der Waals surface area contributed by atoms with Gasteiger partial charge in [0.15, 0.2) is 5.41 Å². The molecule has 36 heavy (non-hydrogen) atoms. The largest absolute Gasteiger partial charge is 0.367 e. The molecule has 1 spiro atoms.